The van der Waals surface area contributed by atoms with Crippen molar-refractivity contribution in [3.63, 3.8) is 0 Å². The Hall–Kier alpha value is 0. The zero-order valence-electron chi connectivity index (χ0n) is 9.54. The van der Waals surface area contributed by atoms with Crippen LogP contribution in [0.3, 0.4) is 0 Å². The van der Waals surface area contributed by atoms with Crippen molar-refractivity contribution >= 4 is 0 Å². The molecule has 0 spiro atoms. The second-order valence-electron chi connectivity index (χ2n) is 6.18. The van der Waals surface area contributed by atoms with E-state index in [0.29, 0.717) is 0 Å². The van der Waals surface area contributed by atoms with Crippen LogP contribution in [0.5, 0.6) is 0 Å². The predicted octanol–water partition coefficient (Wildman–Crippen LogP) is 4.25. The van der Waals surface area contributed by atoms with Gasteiger partial charge in [-0.3, -0.25) is 0 Å². The van der Waals surface area contributed by atoms with Gasteiger partial charge in [0, 0.05) is 0 Å². The lowest BCUT2D eigenvalue weighted by molar-refractivity contribution is 0.148. The van der Waals surface area contributed by atoms with Crippen LogP contribution < -0.4 is 0 Å². The van der Waals surface area contributed by atoms with Crippen LogP contribution in [-0.4, -0.2) is 0 Å². The molecule has 0 N–H and O–H groups in total. The zero-order chi connectivity index (χ0) is 9.54. The van der Waals surface area contributed by atoms with E-state index in [-0.39, 0.29) is 0 Å². The van der Waals surface area contributed by atoms with Crippen LogP contribution in [0, 0.1) is 29.6 Å². The minimum atomic E-state index is 1.05. The highest BCUT2D eigenvalue weighted by Crippen LogP contribution is 2.55. The van der Waals surface area contributed by atoms with E-state index in [1.165, 1.54) is 19.3 Å². The van der Waals surface area contributed by atoms with E-state index in [0.717, 1.165) is 29.6 Å². The van der Waals surface area contributed by atoms with Crippen LogP contribution in [0.4, 0.5) is 0 Å². The van der Waals surface area contributed by atoms with Crippen molar-refractivity contribution in [1.82, 2.24) is 0 Å². The summed E-state index contributed by atoms with van der Waals surface area (Å²) in [5, 5.41) is 0. The topological polar surface area (TPSA) is 0 Å². The maximum Gasteiger partial charge on any atom is -0.0352 e. The lowest BCUT2D eigenvalue weighted by atomic mass is 9.70. The Bertz CT molecular complexity index is 206. The SMILES string of the molecule is C[C@@H]1CCCC2C3CCCCC3CC21. The molecule has 0 heteroatoms. The van der Waals surface area contributed by atoms with Gasteiger partial charge in [0.05, 0.1) is 0 Å². The molecule has 3 saturated carbocycles. The molecule has 0 aromatic carbocycles. The molecule has 3 aliphatic rings. The van der Waals surface area contributed by atoms with Crippen molar-refractivity contribution in [3.05, 3.63) is 0 Å². The zero-order valence-corrected chi connectivity index (χ0v) is 9.54. The minimum absolute atomic E-state index is 1.05. The summed E-state index contributed by atoms with van der Waals surface area (Å²) in [6, 6.07) is 0. The van der Waals surface area contributed by atoms with Gasteiger partial charge in [0.1, 0.15) is 0 Å². The van der Waals surface area contributed by atoms with E-state index in [4.69, 9.17) is 0 Å². The monoisotopic (exact) mass is 192 g/mol. The Balaban J connectivity index is 1.79. The lowest BCUT2D eigenvalue weighted by Gasteiger charge is -2.35. The van der Waals surface area contributed by atoms with Crippen LogP contribution in [-0.2, 0) is 0 Å². The molecule has 14 heavy (non-hydrogen) atoms. The van der Waals surface area contributed by atoms with Crippen molar-refractivity contribution in [2.45, 2.75) is 58.3 Å². The number of hydrogen-bond acceptors (Lipinski definition) is 0. The Morgan fingerprint density at radius 3 is 2.43 bits per heavy atom. The molecular formula is C14H24. The van der Waals surface area contributed by atoms with Crippen molar-refractivity contribution in [1.29, 1.82) is 0 Å². The summed E-state index contributed by atoms with van der Waals surface area (Å²) < 4.78 is 0. The van der Waals surface area contributed by atoms with Crippen LogP contribution in [0.2, 0.25) is 0 Å². The summed E-state index contributed by atoms with van der Waals surface area (Å²) in [5.41, 5.74) is 0. The third-order valence-electron chi connectivity index (χ3n) is 5.57. The second-order valence-corrected chi connectivity index (χ2v) is 6.18. The molecule has 0 aromatic heterocycles. The average molecular weight is 192 g/mol. The number of fused-ring (bicyclic) bond motifs is 3. The molecule has 0 aromatic rings. The third-order valence-corrected chi connectivity index (χ3v) is 5.57. The minimum Gasteiger partial charge on any atom is -0.0622 e. The number of hydrogen-bond donors (Lipinski definition) is 0. The van der Waals surface area contributed by atoms with Gasteiger partial charge in [0.25, 0.3) is 0 Å². The number of rotatable bonds is 0. The Morgan fingerprint density at radius 1 is 0.714 bits per heavy atom. The molecule has 0 heterocycles. The molecule has 0 aliphatic heterocycles. The Morgan fingerprint density at radius 2 is 1.50 bits per heavy atom. The standard InChI is InChI=1S/C14H24/c1-10-5-4-8-13-12-7-3-2-6-11(12)9-14(10)13/h10-14H,2-9H2,1H3/t10-,11?,12?,13?,14?/m1/s1. The Kier molecular flexibility index (Phi) is 2.34. The van der Waals surface area contributed by atoms with E-state index < -0.39 is 0 Å². The maximum atomic E-state index is 2.52. The fourth-order valence-electron chi connectivity index (χ4n) is 4.91. The van der Waals surface area contributed by atoms with E-state index in [1.54, 1.807) is 32.1 Å². The van der Waals surface area contributed by atoms with Crippen molar-refractivity contribution in [2.75, 3.05) is 0 Å². The largest absolute Gasteiger partial charge is 0.0622 e. The summed E-state index contributed by atoms with van der Waals surface area (Å²) >= 11 is 0. The summed E-state index contributed by atoms with van der Waals surface area (Å²) in [6.45, 7) is 2.52. The summed E-state index contributed by atoms with van der Waals surface area (Å²) in [5.74, 6) is 5.66. The fraction of sp³-hybridized carbons (Fsp3) is 1.00. The van der Waals surface area contributed by atoms with E-state index in [1.807, 2.05) is 0 Å². The molecule has 0 saturated heterocycles. The molecule has 5 atom stereocenters. The third kappa shape index (κ3) is 1.33. The summed E-state index contributed by atoms with van der Waals surface area (Å²) in [6.07, 6.45) is 12.5. The van der Waals surface area contributed by atoms with Gasteiger partial charge in [0.15, 0.2) is 0 Å². The van der Waals surface area contributed by atoms with Gasteiger partial charge in [-0.25, -0.2) is 0 Å². The highest BCUT2D eigenvalue weighted by molar-refractivity contribution is 4.96. The first-order valence-corrected chi connectivity index (χ1v) is 6.86. The molecule has 0 nitrogen and oxygen atoms in total. The van der Waals surface area contributed by atoms with Crippen molar-refractivity contribution < 1.29 is 0 Å². The van der Waals surface area contributed by atoms with Gasteiger partial charge in [0.2, 0.25) is 0 Å². The van der Waals surface area contributed by atoms with Crippen LogP contribution in [0.1, 0.15) is 58.3 Å². The smallest absolute Gasteiger partial charge is 0.0352 e. The van der Waals surface area contributed by atoms with Gasteiger partial charge in [-0.2, -0.15) is 0 Å². The fourth-order valence-corrected chi connectivity index (χ4v) is 4.91. The predicted molar refractivity (Wildman–Crippen MR) is 60.1 cm³/mol. The second kappa shape index (κ2) is 3.54. The summed E-state index contributed by atoms with van der Waals surface area (Å²) in [4.78, 5) is 0. The highest BCUT2D eigenvalue weighted by Gasteiger charge is 2.46. The molecule has 3 aliphatic carbocycles. The van der Waals surface area contributed by atoms with Crippen molar-refractivity contribution in [2.24, 2.45) is 29.6 Å². The molecule has 3 fully saturated rings. The van der Waals surface area contributed by atoms with Crippen LogP contribution >= 0.6 is 0 Å². The maximum absolute atomic E-state index is 2.52. The van der Waals surface area contributed by atoms with E-state index in [9.17, 15) is 0 Å². The van der Waals surface area contributed by atoms with Gasteiger partial charge in [-0.05, 0) is 48.9 Å². The van der Waals surface area contributed by atoms with Gasteiger partial charge < -0.3 is 0 Å². The van der Waals surface area contributed by atoms with Gasteiger partial charge >= 0.3 is 0 Å². The van der Waals surface area contributed by atoms with E-state index >= 15 is 0 Å². The summed E-state index contributed by atoms with van der Waals surface area (Å²) in [7, 11) is 0. The molecule has 0 radical (unpaired) electrons. The average Bonchev–Trinajstić information content (AvgIpc) is 2.59. The van der Waals surface area contributed by atoms with Crippen LogP contribution in [0.15, 0.2) is 0 Å². The molecule has 3 rings (SSSR count). The van der Waals surface area contributed by atoms with Crippen LogP contribution in [0.25, 0.3) is 0 Å². The molecule has 4 unspecified atom stereocenters. The molecule has 0 bridgehead atoms. The lowest BCUT2D eigenvalue weighted by Crippen LogP contribution is -2.26. The normalized spacial score (nSPS) is 52.5. The highest BCUT2D eigenvalue weighted by atomic mass is 14.5. The van der Waals surface area contributed by atoms with Gasteiger partial charge in [-0.1, -0.05) is 39.0 Å². The first-order valence-electron chi connectivity index (χ1n) is 6.86. The van der Waals surface area contributed by atoms with Crippen molar-refractivity contribution in [3.8, 4) is 0 Å². The molecule has 80 valence electrons. The first kappa shape index (κ1) is 9.24. The Labute approximate surface area is 88.5 Å². The quantitative estimate of drug-likeness (QED) is 0.538. The first-order chi connectivity index (χ1) is 6.86. The van der Waals surface area contributed by atoms with Gasteiger partial charge in [-0.15, -0.1) is 0 Å². The molecule has 0 amide bonds. The van der Waals surface area contributed by atoms with E-state index in [2.05, 4.69) is 6.92 Å². The molecular weight excluding hydrogens is 168 g/mol.